The van der Waals surface area contributed by atoms with E-state index in [2.05, 4.69) is 0 Å². The van der Waals surface area contributed by atoms with Crippen molar-refractivity contribution in [2.24, 2.45) is 0 Å². The summed E-state index contributed by atoms with van der Waals surface area (Å²) in [6.45, 7) is 0.552. The first-order valence-corrected chi connectivity index (χ1v) is 8.29. The number of rotatable bonds is 6. The lowest BCUT2D eigenvalue weighted by Crippen LogP contribution is -2.26. The van der Waals surface area contributed by atoms with E-state index in [4.69, 9.17) is 4.74 Å². The van der Waals surface area contributed by atoms with E-state index < -0.39 is 26.3 Å². The number of Topliss-reactive ketones (excluding diaryl/α,β-unsaturated/α-hetero) is 1. The lowest BCUT2D eigenvalue weighted by molar-refractivity contribution is -0.384. The molecule has 0 aromatic heterocycles. The molecule has 114 valence electrons. The normalized spacial score (nSPS) is 18.6. The average molecular weight is 313 g/mol. The van der Waals surface area contributed by atoms with E-state index in [1.807, 2.05) is 0 Å². The number of non-ortho nitro benzene ring substituents is 1. The van der Waals surface area contributed by atoms with Crippen molar-refractivity contribution in [1.29, 1.82) is 0 Å². The van der Waals surface area contributed by atoms with Crippen LogP contribution in [-0.2, 0) is 14.6 Å². The van der Waals surface area contributed by atoms with Crippen molar-refractivity contribution in [3.63, 3.8) is 0 Å². The summed E-state index contributed by atoms with van der Waals surface area (Å²) in [5, 5.41) is 10.5. The van der Waals surface area contributed by atoms with Gasteiger partial charge in [0.1, 0.15) is 5.75 Å². The summed E-state index contributed by atoms with van der Waals surface area (Å²) >= 11 is 0. The van der Waals surface area contributed by atoms with Crippen molar-refractivity contribution in [3.05, 3.63) is 39.9 Å². The highest BCUT2D eigenvalue weighted by molar-refractivity contribution is 7.92. The number of ether oxygens (including phenoxy) is 1. The van der Waals surface area contributed by atoms with Crippen LogP contribution in [-0.4, -0.2) is 43.3 Å². The minimum absolute atomic E-state index is 0.145. The Labute approximate surface area is 122 Å². The van der Waals surface area contributed by atoms with Crippen molar-refractivity contribution in [2.75, 3.05) is 18.1 Å². The van der Waals surface area contributed by atoms with Gasteiger partial charge in [0.05, 0.1) is 16.8 Å². The number of benzene rings is 1. The third-order valence-electron chi connectivity index (χ3n) is 3.21. The number of carbonyl (C=O) groups excluding carboxylic acids is 1. The lowest BCUT2D eigenvalue weighted by atomic mass is 10.1. The molecular formula is C13H15NO6S. The van der Waals surface area contributed by atoms with E-state index >= 15 is 0 Å². The van der Waals surface area contributed by atoms with Crippen LogP contribution in [0.4, 0.5) is 5.69 Å². The zero-order valence-corrected chi connectivity index (χ0v) is 12.0. The van der Waals surface area contributed by atoms with Gasteiger partial charge in [-0.25, -0.2) is 8.42 Å². The van der Waals surface area contributed by atoms with Crippen molar-refractivity contribution in [1.82, 2.24) is 0 Å². The molecule has 1 aromatic rings. The Balaban J connectivity index is 2.01. The van der Waals surface area contributed by atoms with Crippen LogP contribution in [0, 0.1) is 10.1 Å². The molecule has 1 saturated heterocycles. The Hall–Kier alpha value is -1.80. The third kappa shape index (κ3) is 4.33. The first-order valence-electron chi connectivity index (χ1n) is 6.47. The zero-order valence-electron chi connectivity index (χ0n) is 11.2. The number of nitro benzene ring substituents is 1. The van der Waals surface area contributed by atoms with Crippen LogP contribution in [0.2, 0.25) is 0 Å². The largest absolute Gasteiger partial charge is 0.377 e. The van der Waals surface area contributed by atoms with Crippen LogP contribution in [0.15, 0.2) is 24.3 Å². The molecule has 1 aliphatic heterocycles. The summed E-state index contributed by atoms with van der Waals surface area (Å²) in [5.41, 5.74) is 0.00489. The smallest absolute Gasteiger partial charge is 0.269 e. The monoisotopic (exact) mass is 313 g/mol. The molecule has 21 heavy (non-hydrogen) atoms. The zero-order chi connectivity index (χ0) is 15.5. The molecule has 7 nitrogen and oxygen atoms in total. The maximum absolute atomic E-state index is 11.9. The van der Waals surface area contributed by atoms with Crippen molar-refractivity contribution in [3.8, 4) is 0 Å². The van der Waals surface area contributed by atoms with E-state index in [1.165, 1.54) is 24.3 Å². The van der Waals surface area contributed by atoms with E-state index in [9.17, 15) is 23.3 Å². The van der Waals surface area contributed by atoms with Gasteiger partial charge >= 0.3 is 0 Å². The van der Waals surface area contributed by atoms with Gasteiger partial charge in [-0.1, -0.05) is 0 Å². The Kier molecular flexibility index (Phi) is 4.69. The first kappa shape index (κ1) is 15.6. The van der Waals surface area contributed by atoms with Crippen LogP contribution >= 0.6 is 0 Å². The van der Waals surface area contributed by atoms with Crippen LogP contribution in [0.5, 0.6) is 0 Å². The molecule has 0 aliphatic carbocycles. The van der Waals surface area contributed by atoms with Gasteiger partial charge in [-0.05, 0) is 25.0 Å². The molecule has 1 atom stereocenters. The molecule has 1 fully saturated rings. The minimum Gasteiger partial charge on any atom is -0.377 e. The highest BCUT2D eigenvalue weighted by Gasteiger charge is 2.26. The predicted octanol–water partition coefficient (Wildman–Crippen LogP) is 1.37. The molecule has 8 heteroatoms. The number of ketones is 1. The Morgan fingerprint density at radius 3 is 2.52 bits per heavy atom. The fraction of sp³-hybridized carbons (Fsp3) is 0.462. The van der Waals surface area contributed by atoms with E-state index in [0.29, 0.717) is 13.0 Å². The molecule has 1 unspecified atom stereocenters. The molecule has 0 N–H and O–H groups in total. The van der Waals surface area contributed by atoms with Crippen molar-refractivity contribution in [2.45, 2.75) is 18.9 Å². The van der Waals surface area contributed by atoms with Gasteiger partial charge < -0.3 is 4.74 Å². The fourth-order valence-corrected chi connectivity index (χ4v) is 3.68. The van der Waals surface area contributed by atoms with Crippen molar-refractivity contribution < 1.29 is 22.9 Å². The Morgan fingerprint density at radius 2 is 2.00 bits per heavy atom. The molecule has 1 heterocycles. The molecule has 2 rings (SSSR count). The molecular weight excluding hydrogens is 298 g/mol. The van der Waals surface area contributed by atoms with Gasteiger partial charge in [0.15, 0.2) is 15.6 Å². The number of hydrogen-bond acceptors (Lipinski definition) is 6. The summed E-state index contributed by atoms with van der Waals surface area (Å²) in [4.78, 5) is 21.9. The van der Waals surface area contributed by atoms with Crippen LogP contribution in [0.3, 0.4) is 0 Å². The number of carbonyl (C=O) groups is 1. The number of nitrogens with zero attached hydrogens (tertiary/aromatic N) is 1. The van der Waals surface area contributed by atoms with Gasteiger partial charge in [0.2, 0.25) is 0 Å². The summed E-state index contributed by atoms with van der Waals surface area (Å²) in [5.74, 6) is -1.33. The van der Waals surface area contributed by atoms with Gasteiger partial charge in [-0.2, -0.15) is 0 Å². The maximum Gasteiger partial charge on any atom is 0.269 e. The van der Waals surface area contributed by atoms with Crippen LogP contribution in [0.25, 0.3) is 0 Å². The van der Waals surface area contributed by atoms with Gasteiger partial charge in [-0.3, -0.25) is 14.9 Å². The standard InChI is InChI=1S/C13H15NO6S/c15-13(10-3-5-11(6-4-10)14(16)17)9-21(18,19)8-12-2-1-7-20-12/h3-6,12H,1-2,7-9H2. The third-order valence-corrected chi connectivity index (χ3v) is 4.80. The van der Waals surface area contributed by atoms with Gasteiger partial charge in [0.25, 0.3) is 5.69 Å². The minimum atomic E-state index is -3.55. The predicted molar refractivity (Wildman–Crippen MR) is 75.1 cm³/mol. The topological polar surface area (TPSA) is 104 Å². The van der Waals surface area contributed by atoms with Crippen LogP contribution < -0.4 is 0 Å². The van der Waals surface area contributed by atoms with Crippen LogP contribution in [0.1, 0.15) is 23.2 Å². The van der Waals surface area contributed by atoms with Gasteiger partial charge in [-0.15, -0.1) is 0 Å². The van der Waals surface area contributed by atoms with Crippen molar-refractivity contribution >= 4 is 21.3 Å². The molecule has 0 radical (unpaired) electrons. The summed E-state index contributed by atoms with van der Waals surface area (Å²) < 4.78 is 29.1. The second-order valence-corrected chi connectivity index (χ2v) is 7.03. The summed E-state index contributed by atoms with van der Waals surface area (Å²) in [7, 11) is -3.55. The van der Waals surface area contributed by atoms with E-state index in [-0.39, 0.29) is 23.1 Å². The highest BCUT2D eigenvalue weighted by Crippen LogP contribution is 2.16. The molecule has 0 amide bonds. The highest BCUT2D eigenvalue weighted by atomic mass is 32.2. The molecule has 0 bridgehead atoms. The van der Waals surface area contributed by atoms with Gasteiger partial charge in [0, 0.05) is 24.3 Å². The molecule has 0 spiro atoms. The quantitative estimate of drug-likeness (QED) is 0.446. The first-order chi connectivity index (χ1) is 9.87. The van der Waals surface area contributed by atoms with E-state index in [0.717, 1.165) is 6.42 Å². The second kappa shape index (κ2) is 6.31. The molecule has 0 saturated carbocycles. The molecule has 1 aromatic carbocycles. The number of hydrogen-bond donors (Lipinski definition) is 0. The second-order valence-electron chi connectivity index (χ2n) is 4.92. The SMILES string of the molecule is O=C(CS(=O)(=O)CC1CCCO1)c1ccc([N+](=O)[O-])cc1. The van der Waals surface area contributed by atoms with E-state index in [1.54, 1.807) is 0 Å². The lowest BCUT2D eigenvalue weighted by Gasteiger charge is -2.09. The fourth-order valence-electron chi connectivity index (χ4n) is 2.17. The number of nitro groups is 1. The Bertz CT molecular complexity index is 631. The number of sulfone groups is 1. The average Bonchev–Trinajstić information content (AvgIpc) is 2.90. The summed E-state index contributed by atoms with van der Waals surface area (Å²) in [6.07, 6.45) is 1.18. The summed E-state index contributed by atoms with van der Waals surface area (Å²) in [6, 6.07) is 4.89. The maximum atomic E-state index is 11.9. The molecule has 1 aliphatic rings. The Morgan fingerprint density at radius 1 is 1.33 bits per heavy atom.